The van der Waals surface area contributed by atoms with E-state index in [-0.39, 0.29) is 23.5 Å². The Kier molecular flexibility index (Phi) is 5.78. The van der Waals surface area contributed by atoms with Crippen LogP contribution in [-0.4, -0.2) is 19.1 Å². The molecule has 1 N–H and O–H groups in total. The van der Waals surface area contributed by atoms with Gasteiger partial charge in [-0.2, -0.15) is 0 Å². The zero-order valence-corrected chi connectivity index (χ0v) is 12.9. The molecule has 0 aliphatic heterocycles. The minimum absolute atomic E-state index is 0.0318. The first-order chi connectivity index (χ1) is 10.6. The molecule has 0 spiro atoms. The number of carbonyl (C=O) groups excluding carboxylic acids is 1. The lowest BCUT2D eigenvalue weighted by Gasteiger charge is -2.13. The maximum atomic E-state index is 13.0. The van der Waals surface area contributed by atoms with Crippen LogP contribution in [0.15, 0.2) is 48.5 Å². The highest BCUT2D eigenvalue weighted by atomic mass is 35.5. The first-order valence-corrected chi connectivity index (χ1v) is 7.33. The van der Waals surface area contributed by atoms with Crippen molar-refractivity contribution in [2.24, 2.45) is 0 Å². The molecule has 0 aliphatic rings. The van der Waals surface area contributed by atoms with Crippen LogP contribution in [0.25, 0.3) is 0 Å². The number of hydrogen-bond donors (Lipinski definition) is 1. The highest BCUT2D eigenvalue weighted by molar-refractivity contribution is 6.30. The second-order valence-corrected chi connectivity index (χ2v) is 5.39. The molecule has 2 aromatic carbocycles. The van der Waals surface area contributed by atoms with Gasteiger partial charge in [0.25, 0.3) is 5.91 Å². The summed E-state index contributed by atoms with van der Waals surface area (Å²) >= 11 is 5.64. The molecule has 0 aromatic heterocycles. The van der Waals surface area contributed by atoms with Crippen LogP contribution in [0, 0.1) is 5.82 Å². The first-order valence-electron chi connectivity index (χ1n) is 6.95. The average Bonchev–Trinajstić information content (AvgIpc) is 2.54. The van der Waals surface area contributed by atoms with Gasteiger partial charge in [0.1, 0.15) is 11.6 Å². The molecule has 0 saturated heterocycles. The minimum atomic E-state index is -0.518. The van der Waals surface area contributed by atoms with Gasteiger partial charge in [0, 0.05) is 12.6 Å². The number of benzene rings is 2. The van der Waals surface area contributed by atoms with Gasteiger partial charge in [-0.1, -0.05) is 48.9 Å². The van der Waals surface area contributed by atoms with Gasteiger partial charge in [0.05, 0.1) is 5.02 Å². The van der Waals surface area contributed by atoms with Crippen LogP contribution in [0.1, 0.15) is 18.4 Å². The van der Waals surface area contributed by atoms with Gasteiger partial charge in [-0.25, -0.2) is 4.39 Å². The Morgan fingerprint density at radius 3 is 2.68 bits per heavy atom. The second kappa shape index (κ2) is 7.80. The van der Waals surface area contributed by atoms with E-state index in [9.17, 15) is 9.18 Å². The van der Waals surface area contributed by atoms with Crippen molar-refractivity contribution in [2.45, 2.75) is 12.8 Å². The molecule has 2 aromatic rings. The molecule has 3 nitrogen and oxygen atoms in total. The average molecular weight is 322 g/mol. The Labute approximate surface area is 134 Å². The van der Waals surface area contributed by atoms with Gasteiger partial charge in [0.15, 0.2) is 6.61 Å². The lowest BCUT2D eigenvalue weighted by atomic mass is 10.0. The van der Waals surface area contributed by atoms with Gasteiger partial charge in [-0.3, -0.25) is 4.79 Å². The first kappa shape index (κ1) is 16.3. The van der Waals surface area contributed by atoms with Crippen LogP contribution in [0.5, 0.6) is 5.75 Å². The number of ether oxygens (including phenoxy) is 1. The van der Waals surface area contributed by atoms with Crippen molar-refractivity contribution in [1.29, 1.82) is 0 Å². The van der Waals surface area contributed by atoms with Crippen molar-refractivity contribution >= 4 is 17.5 Å². The molecular weight excluding hydrogens is 305 g/mol. The standard InChI is InChI=1S/C17H17ClFNO2/c1-12(13-5-3-2-4-6-13)10-20-17(21)11-22-14-7-8-16(19)15(18)9-14/h2-9,12H,10-11H2,1H3,(H,20,21)/t12-/m1/s1. The molecule has 0 unspecified atom stereocenters. The van der Waals surface area contributed by atoms with Crippen LogP contribution in [0.3, 0.4) is 0 Å². The van der Waals surface area contributed by atoms with Crippen LogP contribution in [0.4, 0.5) is 4.39 Å². The smallest absolute Gasteiger partial charge is 0.257 e. The molecule has 1 atom stereocenters. The summed E-state index contributed by atoms with van der Waals surface area (Å²) < 4.78 is 18.3. The number of halogens is 2. The summed E-state index contributed by atoms with van der Waals surface area (Å²) in [4.78, 5) is 11.8. The summed E-state index contributed by atoms with van der Waals surface area (Å²) in [5.41, 5.74) is 1.16. The summed E-state index contributed by atoms with van der Waals surface area (Å²) in [5, 5.41) is 2.77. The molecule has 0 aliphatic carbocycles. The zero-order chi connectivity index (χ0) is 15.9. The van der Waals surface area contributed by atoms with Crippen molar-refractivity contribution < 1.29 is 13.9 Å². The molecule has 116 valence electrons. The van der Waals surface area contributed by atoms with Crippen molar-refractivity contribution in [3.05, 3.63) is 64.9 Å². The largest absolute Gasteiger partial charge is 0.484 e. The van der Waals surface area contributed by atoms with Crippen molar-refractivity contribution in [3.63, 3.8) is 0 Å². The van der Waals surface area contributed by atoms with Gasteiger partial charge in [0.2, 0.25) is 0 Å². The summed E-state index contributed by atoms with van der Waals surface area (Å²) in [5.74, 6) is -0.179. The Morgan fingerprint density at radius 2 is 2.00 bits per heavy atom. The SMILES string of the molecule is C[C@H](CNC(=O)COc1ccc(F)c(Cl)c1)c1ccccc1. The summed E-state index contributed by atoms with van der Waals surface area (Å²) in [6.07, 6.45) is 0. The maximum absolute atomic E-state index is 13.0. The Balaban J connectivity index is 1.77. The normalized spacial score (nSPS) is 11.8. The van der Waals surface area contributed by atoms with Crippen LogP contribution < -0.4 is 10.1 Å². The maximum Gasteiger partial charge on any atom is 0.257 e. The van der Waals surface area contributed by atoms with E-state index in [1.807, 2.05) is 37.3 Å². The third-order valence-electron chi connectivity index (χ3n) is 3.24. The molecule has 0 saturated carbocycles. The summed E-state index contributed by atoms with van der Waals surface area (Å²) in [7, 11) is 0. The number of hydrogen-bond acceptors (Lipinski definition) is 2. The molecule has 22 heavy (non-hydrogen) atoms. The van der Waals surface area contributed by atoms with Crippen LogP contribution in [-0.2, 0) is 4.79 Å². The van der Waals surface area contributed by atoms with Crippen LogP contribution in [0.2, 0.25) is 5.02 Å². The highest BCUT2D eigenvalue weighted by Gasteiger charge is 2.09. The number of rotatable bonds is 6. The van der Waals surface area contributed by atoms with Crippen molar-refractivity contribution in [2.75, 3.05) is 13.2 Å². The van der Waals surface area contributed by atoms with Gasteiger partial charge >= 0.3 is 0 Å². The number of nitrogens with one attached hydrogen (secondary N) is 1. The van der Waals surface area contributed by atoms with Gasteiger partial charge in [-0.15, -0.1) is 0 Å². The number of carbonyl (C=O) groups is 1. The van der Waals surface area contributed by atoms with E-state index in [0.29, 0.717) is 12.3 Å². The molecule has 0 heterocycles. The molecule has 0 bridgehead atoms. The third kappa shape index (κ3) is 4.74. The van der Waals surface area contributed by atoms with E-state index in [1.54, 1.807) is 0 Å². The Morgan fingerprint density at radius 1 is 1.27 bits per heavy atom. The fourth-order valence-corrected chi connectivity index (χ4v) is 2.10. The molecule has 1 amide bonds. The predicted octanol–water partition coefficient (Wildman–Crippen LogP) is 3.78. The summed E-state index contributed by atoms with van der Waals surface area (Å²) in [6.45, 7) is 2.43. The van der Waals surface area contributed by atoms with E-state index in [1.165, 1.54) is 18.2 Å². The summed E-state index contributed by atoms with van der Waals surface area (Å²) in [6, 6.07) is 13.9. The molecular formula is C17H17ClFNO2. The van der Waals surface area contributed by atoms with E-state index in [0.717, 1.165) is 5.56 Å². The fraction of sp³-hybridized carbons (Fsp3) is 0.235. The fourth-order valence-electron chi connectivity index (χ4n) is 1.93. The monoisotopic (exact) mass is 321 g/mol. The molecule has 2 rings (SSSR count). The second-order valence-electron chi connectivity index (χ2n) is 4.98. The third-order valence-corrected chi connectivity index (χ3v) is 3.52. The van der Waals surface area contributed by atoms with E-state index < -0.39 is 5.82 Å². The van der Waals surface area contributed by atoms with Crippen molar-refractivity contribution in [1.82, 2.24) is 5.32 Å². The van der Waals surface area contributed by atoms with Crippen LogP contribution >= 0.6 is 11.6 Å². The molecule has 5 heteroatoms. The Hall–Kier alpha value is -2.07. The Bertz CT molecular complexity index is 634. The minimum Gasteiger partial charge on any atom is -0.484 e. The predicted molar refractivity (Wildman–Crippen MR) is 84.8 cm³/mol. The number of amides is 1. The van der Waals surface area contributed by atoms with E-state index in [2.05, 4.69) is 5.32 Å². The highest BCUT2D eigenvalue weighted by Crippen LogP contribution is 2.21. The lowest BCUT2D eigenvalue weighted by molar-refractivity contribution is -0.123. The van der Waals surface area contributed by atoms with E-state index >= 15 is 0 Å². The lowest BCUT2D eigenvalue weighted by Crippen LogP contribution is -2.31. The van der Waals surface area contributed by atoms with E-state index in [4.69, 9.17) is 16.3 Å². The zero-order valence-electron chi connectivity index (χ0n) is 12.2. The quantitative estimate of drug-likeness (QED) is 0.879. The van der Waals surface area contributed by atoms with Gasteiger partial charge in [-0.05, 0) is 23.6 Å². The molecule has 0 radical (unpaired) electrons. The topological polar surface area (TPSA) is 38.3 Å². The van der Waals surface area contributed by atoms with Gasteiger partial charge < -0.3 is 10.1 Å². The van der Waals surface area contributed by atoms with Crippen molar-refractivity contribution in [3.8, 4) is 5.75 Å². The molecule has 0 fully saturated rings.